The van der Waals surface area contributed by atoms with Gasteiger partial charge in [-0.2, -0.15) is 0 Å². The summed E-state index contributed by atoms with van der Waals surface area (Å²) in [6.45, 7) is 3.97. The zero-order valence-electron chi connectivity index (χ0n) is 17.1. The van der Waals surface area contributed by atoms with Gasteiger partial charge in [0.05, 0.1) is 6.54 Å². The number of hydrogen-bond acceptors (Lipinski definition) is 3. The van der Waals surface area contributed by atoms with E-state index < -0.39 is 17.2 Å². The molecule has 0 saturated heterocycles. The summed E-state index contributed by atoms with van der Waals surface area (Å²) in [6, 6.07) is 7.57. The van der Waals surface area contributed by atoms with E-state index in [0.717, 1.165) is 19.3 Å². The highest BCUT2D eigenvalue weighted by Gasteiger charge is 2.45. The van der Waals surface area contributed by atoms with E-state index >= 15 is 0 Å². The summed E-state index contributed by atoms with van der Waals surface area (Å²) in [6.07, 6.45) is 11.7. The fraction of sp³-hybridized carbons (Fsp3) is 0.652. The summed E-state index contributed by atoms with van der Waals surface area (Å²) in [5.41, 5.74) is 5.79. The Morgan fingerprint density at radius 1 is 0.889 bits per heavy atom. The van der Waals surface area contributed by atoms with Gasteiger partial charge in [0, 0.05) is 0 Å². The molecule has 0 fully saturated rings. The number of carbonyl (C=O) groups is 2. The van der Waals surface area contributed by atoms with Gasteiger partial charge in [0.25, 0.3) is 0 Å². The Balaban J connectivity index is 2.74. The normalized spacial score (nSPS) is 13.3. The van der Waals surface area contributed by atoms with E-state index in [1.807, 2.05) is 31.2 Å². The van der Waals surface area contributed by atoms with Crippen molar-refractivity contribution in [3.63, 3.8) is 0 Å². The standard InChI is InChI=1S/C23H37NO3/c1-3-5-7-8-9-10-11-12-19-13-15-20(16-14-19)23(22(26)27,17-6-4-2)21(25)18-24/h13-16H,3-12,17-18,24H2,1-2H3,(H,26,27). The number of Topliss-reactive ketones (excluding diaryl/α,β-unsaturated/α-hetero) is 1. The number of rotatable bonds is 15. The van der Waals surface area contributed by atoms with Gasteiger partial charge in [-0.05, 0) is 30.4 Å². The molecule has 0 aliphatic carbocycles. The number of ketones is 1. The monoisotopic (exact) mass is 375 g/mol. The summed E-state index contributed by atoms with van der Waals surface area (Å²) in [7, 11) is 0. The lowest BCUT2D eigenvalue weighted by Gasteiger charge is -2.28. The van der Waals surface area contributed by atoms with Gasteiger partial charge in [0.15, 0.2) is 11.2 Å². The molecule has 1 unspecified atom stereocenters. The molecule has 1 aromatic rings. The zero-order chi connectivity index (χ0) is 20.1. The highest BCUT2D eigenvalue weighted by molar-refractivity contribution is 6.09. The molecule has 1 atom stereocenters. The number of aliphatic carboxylic acids is 1. The maximum absolute atomic E-state index is 12.5. The molecule has 0 heterocycles. The molecule has 27 heavy (non-hydrogen) atoms. The molecule has 0 radical (unpaired) electrons. The van der Waals surface area contributed by atoms with Gasteiger partial charge < -0.3 is 10.8 Å². The Bertz CT molecular complexity index is 567. The zero-order valence-corrected chi connectivity index (χ0v) is 17.1. The van der Waals surface area contributed by atoms with Crippen molar-refractivity contribution in [2.75, 3.05) is 6.54 Å². The van der Waals surface area contributed by atoms with Crippen molar-refractivity contribution < 1.29 is 14.7 Å². The molecule has 3 N–H and O–H groups in total. The van der Waals surface area contributed by atoms with E-state index in [4.69, 9.17) is 5.73 Å². The minimum Gasteiger partial charge on any atom is -0.480 e. The first kappa shape index (κ1) is 23.4. The molecule has 4 heteroatoms. The number of benzene rings is 1. The van der Waals surface area contributed by atoms with Crippen LogP contribution < -0.4 is 5.73 Å². The smallest absolute Gasteiger partial charge is 0.321 e. The number of nitrogens with two attached hydrogens (primary N) is 1. The van der Waals surface area contributed by atoms with Gasteiger partial charge in [0.1, 0.15) is 0 Å². The molecule has 152 valence electrons. The Hall–Kier alpha value is -1.68. The maximum atomic E-state index is 12.5. The minimum absolute atomic E-state index is 0.254. The van der Waals surface area contributed by atoms with Crippen LogP contribution in [0.2, 0.25) is 0 Å². The number of unbranched alkanes of at least 4 members (excludes halogenated alkanes) is 7. The summed E-state index contributed by atoms with van der Waals surface area (Å²) >= 11 is 0. The fourth-order valence-corrected chi connectivity index (χ4v) is 3.65. The van der Waals surface area contributed by atoms with Crippen molar-refractivity contribution >= 4 is 11.8 Å². The van der Waals surface area contributed by atoms with Crippen molar-refractivity contribution in [3.8, 4) is 0 Å². The number of carbonyl (C=O) groups excluding carboxylic acids is 1. The minimum atomic E-state index is -1.51. The molecule has 0 bridgehead atoms. The number of carboxylic acid groups (broad SMARTS) is 1. The van der Waals surface area contributed by atoms with Crippen LogP contribution in [0.1, 0.15) is 89.2 Å². The van der Waals surface area contributed by atoms with E-state index in [1.165, 1.54) is 44.1 Å². The first-order valence-electron chi connectivity index (χ1n) is 10.6. The van der Waals surface area contributed by atoms with Crippen molar-refractivity contribution in [3.05, 3.63) is 35.4 Å². The molecule has 1 aromatic carbocycles. The average Bonchev–Trinajstić information content (AvgIpc) is 2.68. The molecule has 0 aliphatic heterocycles. The lowest BCUT2D eigenvalue weighted by Crippen LogP contribution is -2.47. The largest absolute Gasteiger partial charge is 0.480 e. The van der Waals surface area contributed by atoms with Gasteiger partial charge in [0.2, 0.25) is 0 Å². The summed E-state index contributed by atoms with van der Waals surface area (Å²) in [4.78, 5) is 24.5. The molecule has 4 nitrogen and oxygen atoms in total. The Labute approximate surface area is 164 Å². The van der Waals surface area contributed by atoms with Crippen LogP contribution in [0.15, 0.2) is 24.3 Å². The van der Waals surface area contributed by atoms with E-state index in [0.29, 0.717) is 18.4 Å². The second-order valence-electron chi connectivity index (χ2n) is 7.51. The fourth-order valence-electron chi connectivity index (χ4n) is 3.65. The average molecular weight is 376 g/mol. The first-order valence-corrected chi connectivity index (χ1v) is 10.6. The van der Waals surface area contributed by atoms with E-state index in [1.54, 1.807) is 0 Å². The molecular formula is C23H37NO3. The van der Waals surface area contributed by atoms with Crippen LogP contribution in [-0.2, 0) is 21.4 Å². The number of carboxylic acids is 1. The van der Waals surface area contributed by atoms with Gasteiger partial charge in [-0.25, -0.2) is 0 Å². The molecule has 0 aliphatic rings. The van der Waals surface area contributed by atoms with Crippen molar-refractivity contribution in [1.29, 1.82) is 0 Å². The van der Waals surface area contributed by atoms with Crippen molar-refractivity contribution in [1.82, 2.24) is 0 Å². The summed E-state index contributed by atoms with van der Waals surface area (Å²) < 4.78 is 0. The van der Waals surface area contributed by atoms with Crippen molar-refractivity contribution in [2.45, 2.75) is 89.9 Å². The number of aryl methyl sites for hydroxylation is 1. The van der Waals surface area contributed by atoms with Crippen molar-refractivity contribution in [2.24, 2.45) is 5.73 Å². The van der Waals surface area contributed by atoms with Crippen LogP contribution in [-0.4, -0.2) is 23.4 Å². The number of hydrogen-bond donors (Lipinski definition) is 2. The second kappa shape index (κ2) is 12.7. The molecule has 0 amide bonds. The van der Waals surface area contributed by atoms with Crippen LogP contribution in [0, 0.1) is 0 Å². The second-order valence-corrected chi connectivity index (χ2v) is 7.51. The Morgan fingerprint density at radius 2 is 1.44 bits per heavy atom. The topological polar surface area (TPSA) is 80.4 Å². The molecular weight excluding hydrogens is 338 g/mol. The Morgan fingerprint density at radius 3 is 1.96 bits per heavy atom. The predicted molar refractivity (Wildman–Crippen MR) is 111 cm³/mol. The van der Waals surface area contributed by atoms with Gasteiger partial charge in [-0.15, -0.1) is 0 Å². The van der Waals surface area contributed by atoms with Gasteiger partial charge >= 0.3 is 5.97 Å². The van der Waals surface area contributed by atoms with Crippen LogP contribution in [0.4, 0.5) is 0 Å². The quantitative estimate of drug-likeness (QED) is 0.333. The third kappa shape index (κ3) is 6.76. The highest BCUT2D eigenvalue weighted by atomic mass is 16.4. The Kier molecular flexibility index (Phi) is 11.0. The third-order valence-corrected chi connectivity index (χ3v) is 5.45. The molecule has 1 rings (SSSR count). The third-order valence-electron chi connectivity index (χ3n) is 5.45. The van der Waals surface area contributed by atoms with Gasteiger partial charge in [-0.1, -0.05) is 89.5 Å². The SMILES string of the molecule is CCCCCCCCCc1ccc(C(CCCC)(C(=O)O)C(=O)CN)cc1. The lowest BCUT2D eigenvalue weighted by atomic mass is 9.72. The van der Waals surface area contributed by atoms with Crippen LogP contribution in [0.3, 0.4) is 0 Å². The summed E-state index contributed by atoms with van der Waals surface area (Å²) in [5, 5.41) is 9.86. The molecule has 0 saturated carbocycles. The van der Waals surface area contributed by atoms with Crippen LogP contribution in [0.25, 0.3) is 0 Å². The van der Waals surface area contributed by atoms with Gasteiger partial charge in [-0.3, -0.25) is 9.59 Å². The van der Waals surface area contributed by atoms with E-state index in [-0.39, 0.29) is 6.54 Å². The first-order chi connectivity index (χ1) is 13.0. The maximum Gasteiger partial charge on any atom is 0.321 e. The highest BCUT2D eigenvalue weighted by Crippen LogP contribution is 2.32. The summed E-state index contributed by atoms with van der Waals surface area (Å²) in [5.74, 6) is -1.51. The predicted octanol–water partition coefficient (Wildman–Crippen LogP) is 5.02. The van der Waals surface area contributed by atoms with E-state index in [2.05, 4.69) is 6.92 Å². The molecule has 0 aromatic heterocycles. The lowest BCUT2D eigenvalue weighted by molar-refractivity contribution is -0.149. The van der Waals surface area contributed by atoms with Crippen LogP contribution >= 0.6 is 0 Å². The molecule has 0 spiro atoms. The van der Waals surface area contributed by atoms with E-state index in [9.17, 15) is 14.7 Å². The van der Waals surface area contributed by atoms with Crippen LogP contribution in [0.5, 0.6) is 0 Å².